The summed E-state index contributed by atoms with van der Waals surface area (Å²) in [5.41, 5.74) is -0.588. The van der Waals surface area contributed by atoms with Crippen molar-refractivity contribution in [1.82, 2.24) is 4.90 Å². The minimum atomic E-state index is -1.03. The first-order valence-corrected chi connectivity index (χ1v) is 6.16. The fourth-order valence-electron chi connectivity index (χ4n) is 1.96. The van der Waals surface area contributed by atoms with Crippen LogP contribution in [0.25, 0.3) is 0 Å². The second-order valence-corrected chi connectivity index (χ2v) is 4.56. The molecule has 0 bridgehead atoms. The Hall–Kier alpha value is -2.49. The number of carbonyl (C=O) groups excluding carboxylic acids is 1. The van der Waals surface area contributed by atoms with Gasteiger partial charge in [0.25, 0.3) is 5.91 Å². The van der Waals surface area contributed by atoms with Crippen molar-refractivity contribution in [3.63, 3.8) is 0 Å². The molecule has 6 nitrogen and oxygen atoms in total. The summed E-state index contributed by atoms with van der Waals surface area (Å²) in [4.78, 5) is 23.5. The van der Waals surface area contributed by atoms with Crippen LogP contribution in [0.3, 0.4) is 0 Å². The van der Waals surface area contributed by atoms with E-state index in [9.17, 15) is 19.3 Å². The number of carbonyl (C=O) groups is 1. The molecule has 0 spiro atoms. The molecule has 1 saturated carbocycles. The van der Waals surface area contributed by atoms with Crippen LogP contribution in [-0.4, -0.2) is 28.3 Å². The molecule has 0 heterocycles. The zero-order valence-electron chi connectivity index (χ0n) is 10.6. The number of benzene rings is 1. The van der Waals surface area contributed by atoms with Gasteiger partial charge in [-0.2, -0.15) is 9.65 Å². The number of halogens is 1. The summed E-state index contributed by atoms with van der Waals surface area (Å²) in [6.45, 7) is 0.290. The molecule has 0 saturated heterocycles. The molecule has 0 aromatic heterocycles. The number of amides is 1. The van der Waals surface area contributed by atoms with Crippen molar-refractivity contribution in [1.29, 1.82) is 5.26 Å². The quantitative estimate of drug-likeness (QED) is 0.610. The van der Waals surface area contributed by atoms with E-state index in [0.29, 0.717) is 6.54 Å². The van der Waals surface area contributed by atoms with E-state index in [2.05, 4.69) is 0 Å². The zero-order chi connectivity index (χ0) is 14.7. The molecular formula is C13H12FN3O3. The molecule has 20 heavy (non-hydrogen) atoms. The van der Waals surface area contributed by atoms with Gasteiger partial charge in [-0.25, -0.2) is 0 Å². The van der Waals surface area contributed by atoms with Crippen LogP contribution in [-0.2, 0) is 0 Å². The topological polar surface area (TPSA) is 87.2 Å². The van der Waals surface area contributed by atoms with E-state index in [4.69, 9.17) is 5.26 Å². The van der Waals surface area contributed by atoms with Crippen molar-refractivity contribution in [2.75, 3.05) is 6.54 Å². The average Bonchev–Trinajstić information content (AvgIpc) is 3.23. The second-order valence-electron chi connectivity index (χ2n) is 4.56. The molecule has 1 aromatic rings. The predicted octanol–water partition coefficient (Wildman–Crippen LogP) is 2.25. The lowest BCUT2D eigenvalue weighted by molar-refractivity contribution is -0.387. The van der Waals surface area contributed by atoms with Crippen LogP contribution in [0, 0.1) is 27.3 Å². The molecule has 1 fully saturated rings. The standard InChI is InChI=1S/C13H12FN3O3/c14-11-8-9(2-5-12(11)17(19)20)13(18)16(7-1-6-15)10-3-4-10/h2,5,8,10H,1,3-4,7H2. The summed E-state index contributed by atoms with van der Waals surface area (Å²) >= 11 is 0. The number of rotatable bonds is 5. The first-order valence-electron chi connectivity index (χ1n) is 6.16. The number of nitrogens with zero attached hydrogens (tertiary/aromatic N) is 3. The summed E-state index contributed by atoms with van der Waals surface area (Å²) in [5, 5.41) is 19.1. The van der Waals surface area contributed by atoms with E-state index in [0.717, 1.165) is 25.0 Å². The van der Waals surface area contributed by atoms with Gasteiger partial charge in [-0.3, -0.25) is 14.9 Å². The Morgan fingerprint density at radius 3 is 2.75 bits per heavy atom. The van der Waals surface area contributed by atoms with Gasteiger partial charge in [0.15, 0.2) is 0 Å². The highest BCUT2D eigenvalue weighted by atomic mass is 19.1. The Bertz CT molecular complexity index is 593. The summed E-state index contributed by atoms with van der Waals surface area (Å²) in [6, 6.07) is 5.16. The molecule has 1 amide bonds. The van der Waals surface area contributed by atoms with E-state index in [-0.39, 0.29) is 18.0 Å². The SMILES string of the molecule is N#CCCN(C(=O)c1ccc([N+](=O)[O-])c(F)c1)C1CC1. The Morgan fingerprint density at radius 1 is 1.55 bits per heavy atom. The molecule has 0 atom stereocenters. The minimum absolute atomic E-state index is 0.0675. The lowest BCUT2D eigenvalue weighted by Gasteiger charge is -2.21. The number of hydrogen-bond acceptors (Lipinski definition) is 4. The second kappa shape index (κ2) is 5.65. The van der Waals surface area contributed by atoms with Gasteiger partial charge in [0.2, 0.25) is 5.82 Å². The monoisotopic (exact) mass is 277 g/mol. The molecular weight excluding hydrogens is 265 g/mol. The first kappa shape index (κ1) is 13.9. The van der Waals surface area contributed by atoms with Crippen LogP contribution in [0.2, 0.25) is 0 Å². The third-order valence-electron chi connectivity index (χ3n) is 3.10. The lowest BCUT2D eigenvalue weighted by Crippen LogP contribution is -2.34. The maximum Gasteiger partial charge on any atom is 0.304 e. The molecule has 1 aromatic carbocycles. The summed E-state index contributed by atoms with van der Waals surface area (Å²) in [5.74, 6) is -1.42. The maximum atomic E-state index is 13.5. The van der Waals surface area contributed by atoms with Crippen molar-refractivity contribution in [3.05, 3.63) is 39.7 Å². The molecule has 2 rings (SSSR count). The fraction of sp³-hybridized carbons (Fsp3) is 0.385. The highest BCUT2D eigenvalue weighted by Gasteiger charge is 2.33. The number of nitro benzene ring substituents is 1. The molecule has 7 heteroatoms. The van der Waals surface area contributed by atoms with Crippen molar-refractivity contribution < 1.29 is 14.1 Å². The normalized spacial score (nSPS) is 13.6. The number of nitriles is 1. The van der Waals surface area contributed by atoms with Crippen molar-refractivity contribution in [3.8, 4) is 6.07 Å². The van der Waals surface area contributed by atoms with Crippen LogP contribution < -0.4 is 0 Å². The van der Waals surface area contributed by atoms with Crippen LogP contribution in [0.15, 0.2) is 18.2 Å². The van der Waals surface area contributed by atoms with Gasteiger partial charge in [-0.15, -0.1) is 0 Å². The molecule has 104 valence electrons. The van der Waals surface area contributed by atoms with Crippen LogP contribution in [0.5, 0.6) is 0 Å². The van der Waals surface area contributed by atoms with Gasteiger partial charge < -0.3 is 4.90 Å². The van der Waals surface area contributed by atoms with Gasteiger partial charge in [-0.05, 0) is 25.0 Å². The Balaban J connectivity index is 2.21. The largest absolute Gasteiger partial charge is 0.335 e. The molecule has 1 aliphatic rings. The van der Waals surface area contributed by atoms with Crippen LogP contribution in [0.4, 0.5) is 10.1 Å². The van der Waals surface area contributed by atoms with Crippen molar-refractivity contribution in [2.45, 2.75) is 25.3 Å². The molecule has 0 aliphatic heterocycles. The highest BCUT2D eigenvalue weighted by Crippen LogP contribution is 2.29. The molecule has 0 unspecified atom stereocenters. The molecule has 0 radical (unpaired) electrons. The van der Waals surface area contributed by atoms with Crippen molar-refractivity contribution in [2.24, 2.45) is 0 Å². The number of nitro groups is 1. The first-order chi connectivity index (χ1) is 9.54. The molecule has 1 aliphatic carbocycles. The Kier molecular flexibility index (Phi) is 3.94. The Morgan fingerprint density at radius 2 is 2.25 bits per heavy atom. The third-order valence-corrected chi connectivity index (χ3v) is 3.10. The predicted molar refractivity (Wildman–Crippen MR) is 67.3 cm³/mol. The van der Waals surface area contributed by atoms with E-state index in [1.54, 1.807) is 0 Å². The average molecular weight is 277 g/mol. The lowest BCUT2D eigenvalue weighted by atomic mass is 10.1. The van der Waals surface area contributed by atoms with Crippen LogP contribution >= 0.6 is 0 Å². The van der Waals surface area contributed by atoms with E-state index < -0.39 is 22.3 Å². The highest BCUT2D eigenvalue weighted by molar-refractivity contribution is 5.94. The van der Waals surface area contributed by atoms with Crippen LogP contribution in [0.1, 0.15) is 29.6 Å². The van der Waals surface area contributed by atoms with Crippen molar-refractivity contribution >= 4 is 11.6 Å². The van der Waals surface area contributed by atoms with Gasteiger partial charge >= 0.3 is 5.69 Å². The van der Waals surface area contributed by atoms with E-state index in [1.807, 2.05) is 6.07 Å². The summed E-state index contributed by atoms with van der Waals surface area (Å²) < 4.78 is 13.5. The van der Waals surface area contributed by atoms with Gasteiger partial charge in [0.1, 0.15) is 0 Å². The summed E-state index contributed by atoms with van der Waals surface area (Å²) in [6.07, 6.45) is 1.94. The number of hydrogen-bond donors (Lipinski definition) is 0. The Labute approximate surface area is 114 Å². The van der Waals surface area contributed by atoms with Gasteiger partial charge in [0, 0.05) is 24.2 Å². The smallest absolute Gasteiger partial charge is 0.304 e. The minimum Gasteiger partial charge on any atom is -0.335 e. The third kappa shape index (κ3) is 2.91. The van der Waals surface area contributed by atoms with Gasteiger partial charge in [-0.1, -0.05) is 0 Å². The zero-order valence-corrected chi connectivity index (χ0v) is 10.6. The van der Waals surface area contributed by atoms with Gasteiger partial charge in [0.05, 0.1) is 17.4 Å². The summed E-state index contributed by atoms with van der Waals surface area (Å²) in [7, 11) is 0. The fourth-order valence-corrected chi connectivity index (χ4v) is 1.96. The van der Waals surface area contributed by atoms with E-state index >= 15 is 0 Å². The van der Waals surface area contributed by atoms with E-state index in [1.165, 1.54) is 11.0 Å². The molecule has 0 N–H and O–H groups in total. The maximum absolute atomic E-state index is 13.5.